The zero-order chi connectivity index (χ0) is 22.6. The molecule has 2 amide bonds. The van der Waals surface area contributed by atoms with Crippen LogP contribution in [0.5, 0.6) is 0 Å². The van der Waals surface area contributed by atoms with E-state index in [2.05, 4.69) is 4.90 Å². The number of cyclic esters (lactones) is 2. The number of ether oxygens (including phenoxy) is 2. The summed E-state index contributed by atoms with van der Waals surface area (Å²) in [6.07, 6.45) is 0.153. The molecule has 2 fully saturated rings. The molecule has 1 aromatic carbocycles. The number of nitrogens with zero attached hydrogens (tertiary/aromatic N) is 3. The number of β-amino-alcohol motifs (C(OH)–C–C–N with tert-alkyl or cyclic N) is 1. The second-order valence-corrected chi connectivity index (χ2v) is 8.88. The molecule has 170 valence electrons. The zero-order valence-electron chi connectivity index (χ0n) is 18.3. The standard InChI is InChI=1S/C23H27N3O6/c1-13-16(3-4-17-18(13)11-31-22(17)29)20(27)10-24-6-5-15(9-24)25-7-8-26(23(25)30)19-12-32-21(28)14(19)2/h3-4,15,20,27H,5-12H2,1-2H3/t15?,20-/m0/s1. The van der Waals surface area contributed by atoms with Crippen LogP contribution < -0.4 is 0 Å². The minimum absolute atomic E-state index is 0.0748. The predicted molar refractivity (Wildman–Crippen MR) is 113 cm³/mol. The van der Waals surface area contributed by atoms with E-state index in [-0.39, 0.29) is 37.2 Å². The van der Waals surface area contributed by atoms with Crippen molar-refractivity contribution in [2.75, 3.05) is 39.3 Å². The Labute approximate surface area is 186 Å². The van der Waals surface area contributed by atoms with Crippen LogP contribution >= 0.6 is 0 Å². The Kier molecular flexibility index (Phi) is 5.17. The van der Waals surface area contributed by atoms with Gasteiger partial charge in [-0.25, -0.2) is 14.4 Å². The van der Waals surface area contributed by atoms with Gasteiger partial charge in [0.25, 0.3) is 0 Å². The summed E-state index contributed by atoms with van der Waals surface area (Å²) in [5.41, 5.74) is 4.32. The smallest absolute Gasteiger partial charge is 0.338 e. The molecule has 5 rings (SSSR count). The van der Waals surface area contributed by atoms with Crippen LogP contribution in [-0.4, -0.2) is 83.1 Å². The molecule has 9 nitrogen and oxygen atoms in total. The number of carbonyl (C=O) groups is 3. The van der Waals surface area contributed by atoms with Crippen molar-refractivity contribution < 1.29 is 29.0 Å². The Bertz CT molecular complexity index is 1030. The quantitative estimate of drug-likeness (QED) is 0.689. The van der Waals surface area contributed by atoms with Gasteiger partial charge in [-0.2, -0.15) is 0 Å². The van der Waals surface area contributed by atoms with Crippen molar-refractivity contribution in [2.24, 2.45) is 0 Å². The van der Waals surface area contributed by atoms with E-state index in [4.69, 9.17) is 9.47 Å². The van der Waals surface area contributed by atoms with Crippen LogP contribution in [0.1, 0.15) is 46.5 Å². The van der Waals surface area contributed by atoms with E-state index < -0.39 is 6.10 Å². The van der Waals surface area contributed by atoms with E-state index >= 15 is 0 Å². The van der Waals surface area contributed by atoms with Gasteiger partial charge in [0.1, 0.15) is 13.2 Å². The average Bonchev–Trinajstić information content (AvgIpc) is 3.53. The van der Waals surface area contributed by atoms with Gasteiger partial charge >= 0.3 is 18.0 Å². The van der Waals surface area contributed by atoms with Crippen molar-refractivity contribution in [1.82, 2.24) is 14.7 Å². The first-order valence-corrected chi connectivity index (χ1v) is 11.0. The van der Waals surface area contributed by atoms with Gasteiger partial charge in [-0.15, -0.1) is 0 Å². The lowest BCUT2D eigenvalue weighted by atomic mass is 9.95. The minimum atomic E-state index is -0.685. The van der Waals surface area contributed by atoms with Crippen molar-refractivity contribution in [2.45, 2.75) is 39.0 Å². The van der Waals surface area contributed by atoms with Crippen molar-refractivity contribution in [1.29, 1.82) is 0 Å². The molecule has 4 aliphatic rings. The highest BCUT2D eigenvalue weighted by atomic mass is 16.5. The summed E-state index contributed by atoms with van der Waals surface area (Å²) in [6.45, 7) is 7.13. The van der Waals surface area contributed by atoms with Gasteiger partial charge in [-0.05, 0) is 37.5 Å². The number of esters is 2. The minimum Gasteiger partial charge on any atom is -0.457 e. The number of aliphatic hydroxyl groups is 1. The Morgan fingerprint density at radius 3 is 2.59 bits per heavy atom. The first kappa shape index (κ1) is 21.0. The largest absolute Gasteiger partial charge is 0.457 e. The Morgan fingerprint density at radius 1 is 1.06 bits per heavy atom. The first-order chi connectivity index (χ1) is 15.3. The Hall–Kier alpha value is -2.91. The number of benzene rings is 1. The summed E-state index contributed by atoms with van der Waals surface area (Å²) < 4.78 is 10.2. The van der Waals surface area contributed by atoms with Crippen LogP contribution in [0.2, 0.25) is 0 Å². The summed E-state index contributed by atoms with van der Waals surface area (Å²) in [6, 6.07) is 3.53. The molecule has 2 saturated heterocycles. The molecule has 0 aromatic heterocycles. The molecule has 0 saturated carbocycles. The second-order valence-electron chi connectivity index (χ2n) is 8.88. The molecule has 1 N–H and O–H groups in total. The molecule has 0 aliphatic carbocycles. The molecule has 0 spiro atoms. The lowest BCUT2D eigenvalue weighted by Gasteiger charge is -2.26. The summed E-state index contributed by atoms with van der Waals surface area (Å²) in [5, 5.41) is 10.9. The first-order valence-electron chi connectivity index (χ1n) is 11.0. The number of aliphatic hydroxyl groups excluding tert-OH is 1. The molecular formula is C23H27N3O6. The number of amides is 2. The van der Waals surface area contributed by atoms with Gasteiger partial charge < -0.3 is 19.5 Å². The maximum Gasteiger partial charge on any atom is 0.338 e. The highest BCUT2D eigenvalue weighted by Crippen LogP contribution is 2.31. The lowest BCUT2D eigenvalue weighted by Crippen LogP contribution is -2.41. The van der Waals surface area contributed by atoms with Gasteiger partial charge in [0.15, 0.2) is 0 Å². The van der Waals surface area contributed by atoms with Crippen molar-refractivity contribution in [3.8, 4) is 0 Å². The average molecular weight is 441 g/mol. The molecule has 4 aliphatic heterocycles. The molecule has 9 heteroatoms. The van der Waals surface area contributed by atoms with Gasteiger partial charge in [0.05, 0.1) is 22.9 Å². The Balaban J connectivity index is 1.22. The summed E-state index contributed by atoms with van der Waals surface area (Å²) in [5.74, 6) is -0.666. The summed E-state index contributed by atoms with van der Waals surface area (Å²) in [4.78, 5) is 42.1. The number of hydrogen-bond acceptors (Lipinski definition) is 7. The number of likely N-dealkylation sites (tertiary alicyclic amines) is 1. The van der Waals surface area contributed by atoms with E-state index in [0.29, 0.717) is 43.0 Å². The fourth-order valence-corrected chi connectivity index (χ4v) is 5.20. The lowest BCUT2D eigenvalue weighted by molar-refractivity contribution is -0.136. The maximum absolute atomic E-state index is 13.0. The molecule has 0 bridgehead atoms. The van der Waals surface area contributed by atoms with E-state index in [0.717, 1.165) is 29.7 Å². The number of hydrogen-bond donors (Lipinski definition) is 1. The predicted octanol–water partition coefficient (Wildman–Crippen LogP) is 1.34. The summed E-state index contributed by atoms with van der Waals surface area (Å²) in [7, 11) is 0. The van der Waals surface area contributed by atoms with Crippen LogP contribution in [0.15, 0.2) is 23.4 Å². The third-order valence-electron chi connectivity index (χ3n) is 7.13. The fourth-order valence-electron chi connectivity index (χ4n) is 5.20. The molecule has 2 atom stereocenters. The topological polar surface area (TPSA) is 99.6 Å². The van der Waals surface area contributed by atoms with Gasteiger partial charge in [0, 0.05) is 44.3 Å². The summed E-state index contributed by atoms with van der Waals surface area (Å²) >= 11 is 0. The molecule has 32 heavy (non-hydrogen) atoms. The number of urea groups is 1. The molecule has 4 heterocycles. The van der Waals surface area contributed by atoms with Crippen LogP contribution in [0.4, 0.5) is 4.79 Å². The van der Waals surface area contributed by atoms with Gasteiger partial charge in [-0.3, -0.25) is 9.80 Å². The maximum atomic E-state index is 13.0. The SMILES string of the molecule is CC1=C(N2CCN(C3CCN(C[C@H](O)c4ccc5c(c4C)COC5=O)C3)C2=O)COC1=O. The van der Waals surface area contributed by atoms with Crippen LogP contribution in [0.25, 0.3) is 0 Å². The zero-order valence-corrected chi connectivity index (χ0v) is 18.3. The van der Waals surface area contributed by atoms with E-state index in [9.17, 15) is 19.5 Å². The molecule has 0 radical (unpaired) electrons. The highest BCUT2D eigenvalue weighted by molar-refractivity contribution is 5.94. The number of carbonyl (C=O) groups excluding carboxylic acids is 3. The van der Waals surface area contributed by atoms with Crippen LogP contribution in [0, 0.1) is 6.92 Å². The van der Waals surface area contributed by atoms with E-state index in [1.54, 1.807) is 17.9 Å². The van der Waals surface area contributed by atoms with Gasteiger partial charge in [-0.1, -0.05) is 6.07 Å². The third kappa shape index (κ3) is 3.36. The van der Waals surface area contributed by atoms with Crippen molar-refractivity contribution >= 4 is 18.0 Å². The normalized spacial score (nSPS) is 24.5. The third-order valence-corrected chi connectivity index (χ3v) is 7.13. The molecule has 1 aromatic rings. The number of rotatable bonds is 5. The van der Waals surface area contributed by atoms with Crippen molar-refractivity contribution in [3.63, 3.8) is 0 Å². The second kappa shape index (κ2) is 7.90. The fraction of sp³-hybridized carbons (Fsp3) is 0.522. The van der Waals surface area contributed by atoms with Crippen LogP contribution in [0.3, 0.4) is 0 Å². The van der Waals surface area contributed by atoms with Crippen LogP contribution in [-0.2, 0) is 20.9 Å². The molecular weight excluding hydrogens is 414 g/mol. The van der Waals surface area contributed by atoms with Crippen molar-refractivity contribution in [3.05, 3.63) is 45.7 Å². The highest BCUT2D eigenvalue weighted by Gasteiger charge is 2.41. The van der Waals surface area contributed by atoms with E-state index in [1.807, 2.05) is 17.9 Å². The molecule has 1 unspecified atom stereocenters. The van der Waals surface area contributed by atoms with E-state index in [1.165, 1.54) is 0 Å². The number of fused-ring (bicyclic) bond motifs is 1. The van der Waals surface area contributed by atoms with Gasteiger partial charge in [0.2, 0.25) is 0 Å². The Morgan fingerprint density at radius 2 is 1.84 bits per heavy atom. The monoisotopic (exact) mass is 441 g/mol.